The van der Waals surface area contributed by atoms with Crippen LogP contribution in [0.4, 0.5) is 5.13 Å². The van der Waals surface area contributed by atoms with Crippen LogP contribution in [0.2, 0.25) is 0 Å². The largest absolute Gasteiger partial charge is 0.451 e. The minimum atomic E-state index is -0.292. The molecule has 0 atom stereocenters. The van der Waals surface area contributed by atoms with Gasteiger partial charge in [-0.2, -0.15) is 0 Å². The van der Waals surface area contributed by atoms with Crippen LogP contribution in [-0.4, -0.2) is 10.9 Å². The van der Waals surface area contributed by atoms with Gasteiger partial charge in [-0.3, -0.25) is 10.1 Å². The number of furan rings is 1. The van der Waals surface area contributed by atoms with E-state index in [4.69, 9.17) is 4.42 Å². The van der Waals surface area contributed by atoms with E-state index in [0.717, 1.165) is 16.6 Å². The molecule has 0 bridgehead atoms. The highest BCUT2D eigenvalue weighted by atomic mass is 32.1. The number of anilines is 1. The number of carbonyl (C=O) groups is 1. The van der Waals surface area contributed by atoms with Gasteiger partial charge in [-0.15, -0.1) is 11.3 Å². The lowest BCUT2D eigenvalue weighted by atomic mass is 9.98. The summed E-state index contributed by atoms with van der Waals surface area (Å²) in [5.74, 6) is -0.00917. The lowest BCUT2D eigenvalue weighted by Gasteiger charge is -2.08. The Morgan fingerprint density at radius 1 is 1.08 bits per heavy atom. The average molecular weight is 362 g/mol. The van der Waals surface area contributed by atoms with Crippen LogP contribution in [0, 0.1) is 20.8 Å². The fourth-order valence-corrected chi connectivity index (χ4v) is 3.98. The van der Waals surface area contributed by atoms with Crippen LogP contribution in [0.3, 0.4) is 0 Å². The van der Waals surface area contributed by atoms with Gasteiger partial charge in [-0.25, -0.2) is 4.98 Å². The van der Waals surface area contributed by atoms with Gasteiger partial charge in [0.2, 0.25) is 0 Å². The molecule has 2 aromatic carbocycles. The molecule has 0 aliphatic heterocycles. The van der Waals surface area contributed by atoms with E-state index in [0.29, 0.717) is 10.7 Å². The zero-order valence-electron chi connectivity index (χ0n) is 14.8. The average Bonchev–Trinajstić information content (AvgIpc) is 3.20. The molecule has 0 radical (unpaired) electrons. The van der Waals surface area contributed by atoms with Gasteiger partial charge in [0, 0.05) is 16.3 Å². The monoisotopic (exact) mass is 362 g/mol. The van der Waals surface area contributed by atoms with Crippen LogP contribution in [0.1, 0.15) is 27.2 Å². The number of thiazole rings is 1. The molecule has 2 aromatic heterocycles. The Labute approximate surface area is 155 Å². The molecule has 0 fully saturated rings. The molecular weight excluding hydrogens is 344 g/mol. The Hall–Kier alpha value is -2.92. The molecule has 0 unspecified atom stereocenters. The Morgan fingerprint density at radius 2 is 1.81 bits per heavy atom. The van der Waals surface area contributed by atoms with Gasteiger partial charge in [-0.05, 0) is 44.0 Å². The third-order valence-electron chi connectivity index (χ3n) is 4.31. The first-order chi connectivity index (χ1) is 12.5. The predicted octanol–water partition coefficient (Wildman–Crippen LogP) is 5.73. The number of carbonyl (C=O) groups excluding carboxylic acids is 1. The summed E-state index contributed by atoms with van der Waals surface area (Å²) in [4.78, 5) is 17.1. The standard InChI is InChI=1S/C21H18N2O2S/c1-12-8-13(2)19(14(3)9-12)16-11-26-21(22-16)23-20(24)18-10-15-6-4-5-7-17(15)25-18/h4-11H,1-3H3,(H,22,23,24). The number of para-hydroxylation sites is 1. The van der Waals surface area contributed by atoms with Crippen molar-refractivity contribution in [2.24, 2.45) is 0 Å². The first kappa shape index (κ1) is 16.5. The van der Waals surface area contributed by atoms with E-state index in [2.05, 4.69) is 43.2 Å². The number of aromatic nitrogens is 1. The topological polar surface area (TPSA) is 55.1 Å². The summed E-state index contributed by atoms with van der Waals surface area (Å²) in [6.07, 6.45) is 0. The van der Waals surface area contributed by atoms with Gasteiger partial charge in [0.15, 0.2) is 10.9 Å². The maximum Gasteiger partial charge on any atom is 0.293 e. The number of nitrogens with one attached hydrogen (secondary N) is 1. The van der Waals surface area contributed by atoms with Crippen LogP contribution in [-0.2, 0) is 0 Å². The van der Waals surface area contributed by atoms with Crippen molar-refractivity contribution in [3.05, 3.63) is 70.3 Å². The zero-order chi connectivity index (χ0) is 18.3. The summed E-state index contributed by atoms with van der Waals surface area (Å²) in [5, 5.41) is 6.27. The maximum atomic E-state index is 12.5. The van der Waals surface area contributed by atoms with Crippen LogP contribution >= 0.6 is 11.3 Å². The molecule has 4 nitrogen and oxygen atoms in total. The molecule has 0 aliphatic carbocycles. The van der Waals surface area contributed by atoms with E-state index in [-0.39, 0.29) is 11.7 Å². The van der Waals surface area contributed by atoms with E-state index in [1.807, 2.05) is 29.6 Å². The van der Waals surface area contributed by atoms with E-state index in [9.17, 15) is 4.79 Å². The highest BCUT2D eigenvalue weighted by Crippen LogP contribution is 2.31. The molecule has 2 heterocycles. The number of fused-ring (bicyclic) bond motifs is 1. The first-order valence-electron chi connectivity index (χ1n) is 8.35. The molecule has 0 saturated heterocycles. The van der Waals surface area contributed by atoms with Gasteiger partial charge in [0.1, 0.15) is 5.58 Å². The summed E-state index contributed by atoms with van der Waals surface area (Å²) >= 11 is 1.41. The number of nitrogens with zero attached hydrogens (tertiary/aromatic N) is 1. The molecule has 0 saturated carbocycles. The Morgan fingerprint density at radius 3 is 2.54 bits per heavy atom. The van der Waals surface area contributed by atoms with E-state index < -0.39 is 0 Å². The van der Waals surface area contributed by atoms with E-state index in [1.165, 1.54) is 28.0 Å². The van der Waals surface area contributed by atoms with Crippen molar-refractivity contribution in [3.8, 4) is 11.3 Å². The summed E-state index contributed by atoms with van der Waals surface area (Å²) in [5.41, 5.74) is 6.30. The predicted molar refractivity (Wildman–Crippen MR) is 106 cm³/mol. The highest BCUT2D eigenvalue weighted by molar-refractivity contribution is 7.14. The summed E-state index contributed by atoms with van der Waals surface area (Å²) in [6.45, 7) is 6.26. The summed E-state index contributed by atoms with van der Waals surface area (Å²) in [7, 11) is 0. The molecule has 5 heteroatoms. The van der Waals surface area contributed by atoms with Crippen molar-refractivity contribution in [3.63, 3.8) is 0 Å². The number of benzene rings is 2. The third-order valence-corrected chi connectivity index (χ3v) is 5.06. The van der Waals surface area contributed by atoms with E-state index >= 15 is 0 Å². The second-order valence-corrected chi connectivity index (χ2v) is 7.27. The minimum absolute atomic E-state index is 0.283. The molecule has 0 aliphatic rings. The normalized spacial score (nSPS) is 11.0. The van der Waals surface area contributed by atoms with Crippen molar-refractivity contribution in [1.29, 1.82) is 0 Å². The van der Waals surface area contributed by atoms with Gasteiger partial charge >= 0.3 is 0 Å². The van der Waals surface area contributed by atoms with Crippen LogP contribution < -0.4 is 5.32 Å². The fraction of sp³-hybridized carbons (Fsp3) is 0.143. The maximum absolute atomic E-state index is 12.5. The van der Waals surface area contributed by atoms with Gasteiger partial charge < -0.3 is 4.42 Å². The number of aryl methyl sites for hydroxylation is 3. The van der Waals surface area contributed by atoms with Crippen molar-refractivity contribution in [1.82, 2.24) is 4.98 Å². The van der Waals surface area contributed by atoms with Crippen molar-refractivity contribution >= 4 is 33.3 Å². The van der Waals surface area contributed by atoms with Gasteiger partial charge in [-0.1, -0.05) is 35.9 Å². The number of amides is 1. The molecular formula is C21H18N2O2S. The number of hydrogen-bond acceptors (Lipinski definition) is 4. The SMILES string of the molecule is Cc1cc(C)c(-c2csc(NC(=O)c3cc4ccccc4o3)n2)c(C)c1. The zero-order valence-corrected chi connectivity index (χ0v) is 15.6. The molecule has 1 N–H and O–H groups in total. The second-order valence-electron chi connectivity index (χ2n) is 6.41. The molecule has 1 amide bonds. The Balaban J connectivity index is 1.60. The van der Waals surface area contributed by atoms with Crippen molar-refractivity contribution in [2.45, 2.75) is 20.8 Å². The second kappa shape index (κ2) is 6.42. The van der Waals surface area contributed by atoms with Crippen LogP contribution in [0.5, 0.6) is 0 Å². The fourth-order valence-electron chi connectivity index (χ4n) is 3.28. The van der Waals surface area contributed by atoms with Gasteiger partial charge in [0.25, 0.3) is 5.91 Å². The lowest BCUT2D eigenvalue weighted by molar-refractivity contribution is 0.0998. The molecule has 4 aromatic rings. The minimum Gasteiger partial charge on any atom is -0.451 e. The lowest BCUT2D eigenvalue weighted by Crippen LogP contribution is -2.10. The Kier molecular flexibility index (Phi) is 4.09. The quantitative estimate of drug-likeness (QED) is 0.506. The van der Waals surface area contributed by atoms with E-state index in [1.54, 1.807) is 6.07 Å². The smallest absolute Gasteiger partial charge is 0.293 e. The number of hydrogen-bond donors (Lipinski definition) is 1. The van der Waals surface area contributed by atoms with Crippen LogP contribution in [0.15, 0.2) is 52.3 Å². The highest BCUT2D eigenvalue weighted by Gasteiger charge is 2.16. The molecule has 0 spiro atoms. The third kappa shape index (κ3) is 3.02. The summed E-state index contributed by atoms with van der Waals surface area (Å²) < 4.78 is 5.61. The first-order valence-corrected chi connectivity index (χ1v) is 9.23. The molecule has 130 valence electrons. The van der Waals surface area contributed by atoms with Crippen LogP contribution in [0.25, 0.3) is 22.2 Å². The Bertz CT molecular complexity index is 1070. The van der Waals surface area contributed by atoms with Gasteiger partial charge in [0.05, 0.1) is 5.69 Å². The number of rotatable bonds is 3. The van der Waals surface area contributed by atoms with Crippen molar-refractivity contribution in [2.75, 3.05) is 5.32 Å². The van der Waals surface area contributed by atoms with Crippen molar-refractivity contribution < 1.29 is 9.21 Å². The molecule has 4 rings (SSSR count). The molecule has 26 heavy (non-hydrogen) atoms. The summed E-state index contributed by atoms with van der Waals surface area (Å²) in [6, 6.07) is 13.6.